The van der Waals surface area contributed by atoms with Crippen molar-refractivity contribution in [2.45, 2.75) is 13.0 Å². The maximum atomic E-state index is 9.67. The summed E-state index contributed by atoms with van der Waals surface area (Å²) in [6, 6.07) is 0. The van der Waals surface area contributed by atoms with Crippen LogP contribution in [0.1, 0.15) is 6.92 Å². The molecule has 0 amide bonds. The van der Waals surface area contributed by atoms with Gasteiger partial charge in [0, 0.05) is 23.5 Å². The quantitative estimate of drug-likeness (QED) is 0.254. The Morgan fingerprint density at radius 1 is 1.00 bits per heavy atom. The van der Waals surface area contributed by atoms with E-state index >= 15 is 0 Å². The van der Waals surface area contributed by atoms with Gasteiger partial charge in [0.05, 0.1) is 6.10 Å². The Kier molecular flexibility index (Phi) is 87.2. The molecular formula is C10H10FeO5. The molecule has 16 heavy (non-hydrogen) atoms. The topological polar surface area (TPSA) is 97.0 Å². The van der Waals surface area contributed by atoms with Crippen LogP contribution in [-0.2, 0) is 35.8 Å². The second kappa shape index (κ2) is 47.3. The number of rotatable bonds is 5. The van der Waals surface area contributed by atoms with E-state index in [0.29, 0.717) is 6.29 Å². The number of aliphatic hydroxyl groups excluding tert-OH is 1. The summed E-state index contributed by atoms with van der Waals surface area (Å²) in [5, 5.41) is 8.64. The maximum absolute atomic E-state index is 9.67. The van der Waals surface area contributed by atoms with Crippen molar-refractivity contribution in [1.29, 1.82) is 0 Å². The normalized spacial score (nSPS) is 7.75. The van der Waals surface area contributed by atoms with Gasteiger partial charge in [0.15, 0.2) is 0 Å². The molecule has 1 N–H and O–H groups in total. The van der Waals surface area contributed by atoms with Crippen molar-refractivity contribution in [3.63, 3.8) is 0 Å². The molecule has 5 nitrogen and oxygen atoms in total. The minimum absolute atomic E-state index is 0. The zero-order valence-corrected chi connectivity index (χ0v) is 9.50. The molecule has 0 aromatic rings. The first-order valence-electron chi connectivity index (χ1n) is 3.35. The Bertz CT molecular complexity index is 148. The van der Waals surface area contributed by atoms with E-state index < -0.39 is 6.10 Å². The van der Waals surface area contributed by atoms with Crippen LogP contribution in [0.2, 0.25) is 0 Å². The SMILES string of the molecule is C[C@H](O)[CH][CH][CH][CH]C=O.[C-]#[O+].[C-]#[O+].[C-]#[O+].[Fe]. The molecule has 0 aliphatic rings. The molecule has 0 bridgehead atoms. The monoisotopic (exact) mass is 266 g/mol. The second-order valence-electron chi connectivity index (χ2n) is 1.65. The Balaban J connectivity index is -0.0000000498. The van der Waals surface area contributed by atoms with Crippen molar-refractivity contribution in [3.8, 4) is 0 Å². The van der Waals surface area contributed by atoms with Crippen LogP contribution in [0.5, 0.6) is 0 Å². The van der Waals surface area contributed by atoms with E-state index in [1.54, 1.807) is 26.2 Å². The van der Waals surface area contributed by atoms with Gasteiger partial charge in [-0.2, -0.15) is 0 Å². The molecule has 0 aromatic carbocycles. The molecule has 0 aliphatic carbocycles. The van der Waals surface area contributed by atoms with Crippen LogP contribution in [0.4, 0.5) is 0 Å². The van der Waals surface area contributed by atoms with Gasteiger partial charge in [-0.1, -0.05) is 0 Å². The zero-order valence-electron chi connectivity index (χ0n) is 8.40. The van der Waals surface area contributed by atoms with Crippen LogP contribution >= 0.6 is 0 Å². The van der Waals surface area contributed by atoms with Crippen LogP contribution in [0, 0.1) is 45.6 Å². The number of aliphatic hydroxyl groups is 1. The third-order valence-electron chi connectivity index (χ3n) is 0.690. The van der Waals surface area contributed by atoms with Crippen molar-refractivity contribution in [3.05, 3.63) is 45.6 Å². The number of hydrogen-bond acceptors (Lipinski definition) is 2. The average Bonchev–Trinajstić information content (AvgIpc) is 2.32. The van der Waals surface area contributed by atoms with E-state index in [1.807, 2.05) is 0 Å². The van der Waals surface area contributed by atoms with Crippen LogP contribution in [0.25, 0.3) is 0 Å². The fourth-order valence-electron chi connectivity index (χ4n) is 0.334. The third kappa shape index (κ3) is 71.0. The number of unbranched alkanes of at least 4 members (excludes halogenated alkanes) is 2. The molecule has 0 saturated carbocycles. The fourth-order valence-corrected chi connectivity index (χ4v) is 0.334. The molecule has 0 saturated heterocycles. The molecule has 1 atom stereocenters. The van der Waals surface area contributed by atoms with Crippen LogP contribution in [0.3, 0.4) is 0 Å². The van der Waals surface area contributed by atoms with Crippen molar-refractivity contribution in [2.75, 3.05) is 0 Å². The minimum Gasteiger partial charge on any atom is 0 e. The van der Waals surface area contributed by atoms with E-state index in [2.05, 4.69) is 20.0 Å². The molecule has 0 aliphatic heterocycles. The van der Waals surface area contributed by atoms with Crippen molar-refractivity contribution >= 4 is 6.29 Å². The van der Waals surface area contributed by atoms with E-state index in [1.165, 1.54) is 6.42 Å². The summed E-state index contributed by atoms with van der Waals surface area (Å²) in [4.78, 5) is 9.67. The largest absolute Gasteiger partial charge is 0 e. The number of aldehydes is 1. The van der Waals surface area contributed by atoms with E-state index in [0.717, 1.165) is 0 Å². The van der Waals surface area contributed by atoms with Crippen LogP contribution in [0.15, 0.2) is 0 Å². The molecule has 0 aromatic heterocycles. The van der Waals surface area contributed by atoms with Crippen LogP contribution < -0.4 is 0 Å². The zero-order chi connectivity index (χ0) is 13.1. The van der Waals surface area contributed by atoms with Crippen LogP contribution in [-0.4, -0.2) is 17.5 Å². The fraction of sp³-hybridized carbons (Fsp3) is 0.200. The first kappa shape index (κ1) is 29.5. The van der Waals surface area contributed by atoms with Crippen molar-refractivity contribution < 1.29 is 40.9 Å². The van der Waals surface area contributed by atoms with Crippen molar-refractivity contribution in [2.24, 2.45) is 0 Å². The van der Waals surface area contributed by atoms with Gasteiger partial charge in [-0.25, -0.2) is 0 Å². The first-order valence-corrected chi connectivity index (χ1v) is 3.35. The van der Waals surface area contributed by atoms with Gasteiger partial charge < -0.3 is 9.90 Å². The summed E-state index contributed by atoms with van der Waals surface area (Å²) in [5.41, 5.74) is 0. The molecule has 4 radical (unpaired) electrons. The summed E-state index contributed by atoms with van der Waals surface area (Å²) in [5.74, 6) is 0. The number of carbonyl (C=O) groups excluding carboxylic acids is 1. The molecular weight excluding hydrogens is 256 g/mol. The maximum Gasteiger partial charge on any atom is 0 e. The first-order chi connectivity index (χ1) is 7.27. The smallest absolute Gasteiger partial charge is 0 e. The molecule has 0 unspecified atom stereocenters. The van der Waals surface area contributed by atoms with E-state index in [4.69, 9.17) is 19.1 Å². The Labute approximate surface area is 106 Å². The number of hydrogen-bond donors (Lipinski definition) is 1. The molecule has 0 rings (SSSR count). The molecule has 6 heteroatoms. The Morgan fingerprint density at radius 2 is 1.38 bits per heavy atom. The van der Waals surface area contributed by atoms with Gasteiger partial charge in [0.1, 0.15) is 6.29 Å². The molecule has 0 fully saturated rings. The van der Waals surface area contributed by atoms with Crippen molar-refractivity contribution in [1.82, 2.24) is 0 Å². The third-order valence-corrected chi connectivity index (χ3v) is 0.690. The standard InChI is InChI=1S/C7H10O2.3CO.Fe/c1-7(9)5-3-2-4-6-8;3*1-2;/h2-7,9H,1H3;;;;/t7-;;;;/m0..../s1. The Hall–Kier alpha value is -0.631. The van der Waals surface area contributed by atoms with Gasteiger partial charge >= 0.3 is 33.9 Å². The van der Waals surface area contributed by atoms with Gasteiger partial charge in [-0.15, -0.1) is 0 Å². The van der Waals surface area contributed by atoms with E-state index in [-0.39, 0.29) is 17.1 Å². The molecule has 0 heterocycles. The predicted molar refractivity (Wildman–Crippen MR) is 46.7 cm³/mol. The predicted octanol–water partition coefficient (Wildman–Crippen LogP) is 0.268. The van der Waals surface area contributed by atoms with Gasteiger partial charge in [-0.3, -0.25) is 0 Å². The van der Waals surface area contributed by atoms with Gasteiger partial charge in [0.2, 0.25) is 0 Å². The minimum atomic E-state index is -0.443. The Morgan fingerprint density at radius 3 is 1.62 bits per heavy atom. The molecule has 0 spiro atoms. The molecule has 88 valence electrons. The summed E-state index contributed by atoms with van der Waals surface area (Å²) >= 11 is 0. The average molecular weight is 266 g/mol. The second-order valence-corrected chi connectivity index (χ2v) is 1.65. The van der Waals surface area contributed by atoms with Gasteiger partial charge in [0.25, 0.3) is 0 Å². The summed E-state index contributed by atoms with van der Waals surface area (Å²) in [6.45, 7) is 15.1. The van der Waals surface area contributed by atoms with Gasteiger partial charge in [-0.05, 0) is 26.2 Å². The number of carbonyl (C=O) groups is 1. The summed E-state index contributed by atoms with van der Waals surface area (Å²) in [7, 11) is 0. The van der Waals surface area contributed by atoms with E-state index in [9.17, 15) is 4.79 Å². The summed E-state index contributed by atoms with van der Waals surface area (Å²) < 4.78 is 22.5. The summed E-state index contributed by atoms with van der Waals surface area (Å²) in [6.07, 6.45) is 6.38.